The highest BCUT2D eigenvalue weighted by Crippen LogP contribution is 2.53. The van der Waals surface area contributed by atoms with E-state index in [4.69, 9.17) is 18.9 Å². The summed E-state index contributed by atoms with van der Waals surface area (Å²) in [6.45, 7) is 9.01. The third-order valence-corrected chi connectivity index (χ3v) is 9.55. The van der Waals surface area contributed by atoms with Gasteiger partial charge in [0.05, 0.1) is 37.4 Å². The Hall–Kier alpha value is -2.96. The molecular formula is C34H34Br2O4. The number of halogens is 2. The molecule has 0 unspecified atom stereocenters. The van der Waals surface area contributed by atoms with Gasteiger partial charge in [-0.2, -0.15) is 0 Å². The van der Waals surface area contributed by atoms with Crippen molar-refractivity contribution in [3.63, 3.8) is 0 Å². The Morgan fingerprint density at radius 3 is 1.15 bits per heavy atom. The lowest BCUT2D eigenvalue weighted by Gasteiger charge is -2.22. The van der Waals surface area contributed by atoms with Crippen LogP contribution in [0.5, 0.6) is 23.0 Å². The van der Waals surface area contributed by atoms with Crippen molar-refractivity contribution >= 4 is 31.9 Å². The van der Waals surface area contributed by atoms with Crippen LogP contribution in [-0.2, 0) is 10.8 Å². The van der Waals surface area contributed by atoms with Gasteiger partial charge in [0.2, 0.25) is 0 Å². The van der Waals surface area contributed by atoms with Gasteiger partial charge in [-0.1, -0.05) is 39.8 Å². The summed E-state index contributed by atoms with van der Waals surface area (Å²) in [6, 6.07) is 21.1. The van der Waals surface area contributed by atoms with E-state index in [1.807, 2.05) is 12.1 Å². The van der Waals surface area contributed by atoms with Crippen molar-refractivity contribution in [2.24, 2.45) is 0 Å². The molecule has 0 N–H and O–H groups in total. The molecule has 0 bridgehead atoms. The third kappa shape index (κ3) is 4.50. The molecule has 4 aromatic rings. The highest BCUT2D eigenvalue weighted by molar-refractivity contribution is 9.11. The van der Waals surface area contributed by atoms with E-state index in [0.717, 1.165) is 31.9 Å². The van der Waals surface area contributed by atoms with Gasteiger partial charge in [-0.3, -0.25) is 0 Å². The molecule has 40 heavy (non-hydrogen) atoms. The fraction of sp³-hybridized carbons (Fsp3) is 0.294. The molecular weight excluding hydrogens is 632 g/mol. The first-order chi connectivity index (χ1) is 19.0. The number of methoxy groups -OCH3 is 4. The van der Waals surface area contributed by atoms with Gasteiger partial charge in [0.15, 0.2) is 0 Å². The van der Waals surface area contributed by atoms with Crippen molar-refractivity contribution in [1.82, 2.24) is 0 Å². The summed E-state index contributed by atoms with van der Waals surface area (Å²) in [7, 11) is 6.79. The number of ether oxygens (including phenoxy) is 4. The van der Waals surface area contributed by atoms with Crippen LogP contribution < -0.4 is 18.9 Å². The van der Waals surface area contributed by atoms with Crippen LogP contribution in [0, 0.1) is 0 Å². The van der Waals surface area contributed by atoms with Crippen LogP contribution in [0.4, 0.5) is 0 Å². The maximum absolute atomic E-state index is 5.45. The van der Waals surface area contributed by atoms with Crippen LogP contribution in [0.2, 0.25) is 0 Å². The van der Waals surface area contributed by atoms with Gasteiger partial charge in [0.25, 0.3) is 0 Å². The van der Waals surface area contributed by atoms with E-state index < -0.39 is 0 Å². The second-order valence-electron chi connectivity index (χ2n) is 11.1. The average molecular weight is 666 g/mol. The molecule has 0 saturated heterocycles. The molecule has 2 aliphatic carbocycles. The molecule has 0 aliphatic heterocycles. The molecule has 0 fully saturated rings. The first-order valence-electron chi connectivity index (χ1n) is 13.1. The molecule has 4 aromatic carbocycles. The molecule has 0 heterocycles. The predicted molar refractivity (Wildman–Crippen MR) is 170 cm³/mol. The fourth-order valence-corrected chi connectivity index (χ4v) is 7.04. The van der Waals surface area contributed by atoms with Crippen LogP contribution in [-0.4, -0.2) is 28.4 Å². The van der Waals surface area contributed by atoms with Crippen LogP contribution in [0.1, 0.15) is 49.9 Å². The van der Waals surface area contributed by atoms with E-state index in [-0.39, 0.29) is 10.8 Å². The van der Waals surface area contributed by atoms with Gasteiger partial charge >= 0.3 is 0 Å². The van der Waals surface area contributed by atoms with Crippen molar-refractivity contribution in [1.29, 1.82) is 0 Å². The normalized spacial score (nSPS) is 14.7. The lowest BCUT2D eigenvalue weighted by Crippen LogP contribution is -2.15. The fourth-order valence-electron chi connectivity index (χ4n) is 6.03. The number of fused-ring (bicyclic) bond motifs is 6. The van der Waals surface area contributed by atoms with Gasteiger partial charge in [-0.15, -0.1) is 0 Å². The zero-order valence-electron chi connectivity index (χ0n) is 24.2. The van der Waals surface area contributed by atoms with Crippen LogP contribution >= 0.6 is 31.9 Å². The lowest BCUT2D eigenvalue weighted by molar-refractivity contribution is 0.411. The molecule has 0 saturated carbocycles. The van der Waals surface area contributed by atoms with Crippen molar-refractivity contribution in [2.75, 3.05) is 28.4 Å². The third-order valence-electron chi connectivity index (χ3n) is 8.31. The standard InChI is InChI=1S/C17H16Br2O2.C17H18O2/c1-17(2)11-7-13(18)15(20-3)5-9(11)10-6-16(21-4)14(19)8-12(10)17;1-17(2)15-7-5-11(18-3)9-13(15)14-10-12(19-4)6-8-16(14)17/h5-8H,1-4H3;5-10H,1-4H3. The zero-order valence-corrected chi connectivity index (χ0v) is 27.3. The highest BCUT2D eigenvalue weighted by Gasteiger charge is 2.37. The molecule has 4 nitrogen and oxygen atoms in total. The molecule has 208 valence electrons. The smallest absolute Gasteiger partial charge is 0.133 e. The van der Waals surface area contributed by atoms with Crippen molar-refractivity contribution < 1.29 is 18.9 Å². The highest BCUT2D eigenvalue weighted by atomic mass is 79.9. The minimum Gasteiger partial charge on any atom is -0.497 e. The molecule has 0 amide bonds. The number of hydrogen-bond donors (Lipinski definition) is 0. The quantitative estimate of drug-likeness (QED) is 0.218. The Bertz CT molecular complexity index is 1500. The second-order valence-corrected chi connectivity index (χ2v) is 12.8. The summed E-state index contributed by atoms with van der Waals surface area (Å²) in [5.74, 6) is 3.48. The van der Waals surface area contributed by atoms with E-state index >= 15 is 0 Å². The van der Waals surface area contributed by atoms with Crippen molar-refractivity contribution in [3.05, 3.63) is 91.9 Å². The van der Waals surface area contributed by atoms with Gasteiger partial charge in [0.1, 0.15) is 23.0 Å². The Morgan fingerprint density at radius 1 is 0.450 bits per heavy atom. The second kappa shape index (κ2) is 10.5. The van der Waals surface area contributed by atoms with Crippen molar-refractivity contribution in [3.8, 4) is 45.3 Å². The Morgan fingerprint density at radius 2 is 0.800 bits per heavy atom. The first kappa shape index (κ1) is 28.6. The van der Waals surface area contributed by atoms with E-state index in [2.05, 4.69) is 108 Å². The molecule has 0 radical (unpaired) electrons. The van der Waals surface area contributed by atoms with E-state index in [1.54, 1.807) is 28.4 Å². The average Bonchev–Trinajstić information content (AvgIpc) is 3.30. The maximum Gasteiger partial charge on any atom is 0.133 e. The predicted octanol–water partition coefficient (Wildman–Crippen LogP) is 9.55. The van der Waals surface area contributed by atoms with Crippen LogP contribution in [0.15, 0.2) is 69.6 Å². The minimum atomic E-state index is -0.0474. The SMILES string of the molecule is COc1cc2c(cc1Br)C(C)(C)c1cc(Br)c(OC)cc1-2.COc1ccc2c(c1)-c1cc(OC)ccc1C2(C)C. The number of benzene rings is 4. The molecule has 2 aliphatic rings. The Labute approximate surface area is 253 Å². The first-order valence-corrected chi connectivity index (χ1v) is 14.7. The Balaban J connectivity index is 0.000000162. The maximum atomic E-state index is 5.45. The monoisotopic (exact) mass is 664 g/mol. The van der Waals surface area contributed by atoms with Crippen LogP contribution in [0.25, 0.3) is 22.3 Å². The largest absolute Gasteiger partial charge is 0.497 e. The molecule has 0 atom stereocenters. The minimum absolute atomic E-state index is 0.0310. The lowest BCUT2D eigenvalue weighted by atomic mass is 9.82. The Kier molecular flexibility index (Phi) is 7.47. The van der Waals surface area contributed by atoms with Gasteiger partial charge < -0.3 is 18.9 Å². The summed E-state index contributed by atoms with van der Waals surface area (Å²) in [5, 5.41) is 0. The van der Waals surface area contributed by atoms with Gasteiger partial charge in [0, 0.05) is 10.8 Å². The summed E-state index contributed by atoms with van der Waals surface area (Å²) in [4.78, 5) is 0. The number of rotatable bonds is 4. The molecule has 6 heteroatoms. The molecule has 6 rings (SSSR count). The van der Waals surface area contributed by atoms with E-state index in [1.165, 1.54) is 44.5 Å². The molecule has 0 aromatic heterocycles. The zero-order chi connectivity index (χ0) is 29.0. The number of hydrogen-bond acceptors (Lipinski definition) is 4. The summed E-state index contributed by atoms with van der Waals surface area (Å²) >= 11 is 7.18. The summed E-state index contributed by atoms with van der Waals surface area (Å²) in [5.41, 5.74) is 10.2. The molecule has 0 spiro atoms. The topological polar surface area (TPSA) is 36.9 Å². The van der Waals surface area contributed by atoms with Gasteiger partial charge in [-0.25, -0.2) is 0 Å². The van der Waals surface area contributed by atoms with E-state index in [0.29, 0.717) is 0 Å². The van der Waals surface area contributed by atoms with E-state index in [9.17, 15) is 0 Å². The summed E-state index contributed by atoms with van der Waals surface area (Å²) in [6.07, 6.45) is 0. The van der Waals surface area contributed by atoms with Crippen molar-refractivity contribution in [2.45, 2.75) is 38.5 Å². The summed E-state index contributed by atoms with van der Waals surface area (Å²) < 4.78 is 23.6. The van der Waals surface area contributed by atoms with Gasteiger partial charge in [-0.05, 0) is 125 Å². The van der Waals surface area contributed by atoms with Crippen LogP contribution in [0.3, 0.4) is 0 Å².